The molecule has 0 aliphatic heterocycles. The van der Waals surface area contributed by atoms with Gasteiger partial charge in [-0.25, -0.2) is 9.78 Å². The quantitative estimate of drug-likeness (QED) is 0.695. The first-order valence-electron chi connectivity index (χ1n) is 9.15. The van der Waals surface area contributed by atoms with Crippen molar-refractivity contribution in [3.63, 3.8) is 0 Å². The van der Waals surface area contributed by atoms with E-state index in [1.807, 2.05) is 26.8 Å². The van der Waals surface area contributed by atoms with E-state index in [2.05, 4.69) is 19.9 Å². The number of rotatable bonds is 9. The molecule has 0 radical (unpaired) electrons. The molecule has 0 unspecified atom stereocenters. The maximum atomic E-state index is 12.3. The monoisotopic (exact) mass is 360 g/mol. The van der Waals surface area contributed by atoms with Crippen molar-refractivity contribution >= 4 is 22.9 Å². The van der Waals surface area contributed by atoms with Crippen LogP contribution in [0, 0.1) is 12.8 Å². The summed E-state index contributed by atoms with van der Waals surface area (Å²) in [6.45, 7) is 8.73. The van der Waals surface area contributed by atoms with E-state index in [0.717, 1.165) is 16.9 Å². The summed E-state index contributed by atoms with van der Waals surface area (Å²) in [4.78, 5) is 32.8. The van der Waals surface area contributed by atoms with Gasteiger partial charge < -0.3 is 14.6 Å². The van der Waals surface area contributed by atoms with Crippen molar-refractivity contribution < 1.29 is 14.3 Å². The van der Waals surface area contributed by atoms with Gasteiger partial charge in [-0.3, -0.25) is 9.78 Å². The predicted octanol–water partition coefficient (Wildman–Crippen LogP) is 2.61. The molecule has 0 fully saturated rings. The molecule has 0 aliphatic rings. The number of pyridine rings is 1. The number of amides is 1. The number of carbonyl (C=O) groups excluding carboxylic acids is 2. The van der Waals surface area contributed by atoms with Crippen LogP contribution < -0.4 is 5.32 Å². The van der Waals surface area contributed by atoms with Crippen LogP contribution in [0.25, 0.3) is 11.0 Å². The minimum absolute atomic E-state index is 0.132. The third kappa shape index (κ3) is 5.28. The molecule has 1 atom stereocenters. The Bertz CT molecular complexity index is 754. The minimum Gasteiger partial charge on any atom is -0.464 e. The minimum atomic E-state index is -0.579. The molecule has 0 aliphatic carbocycles. The van der Waals surface area contributed by atoms with Crippen LogP contribution in [0.5, 0.6) is 0 Å². The highest BCUT2D eigenvalue weighted by atomic mass is 16.5. The smallest absolute Gasteiger partial charge is 0.328 e. The number of hydrogen-bond acceptors (Lipinski definition) is 5. The van der Waals surface area contributed by atoms with E-state index in [0.29, 0.717) is 38.3 Å². The van der Waals surface area contributed by atoms with Gasteiger partial charge in [0, 0.05) is 19.2 Å². The summed E-state index contributed by atoms with van der Waals surface area (Å²) >= 11 is 0. The van der Waals surface area contributed by atoms with E-state index in [-0.39, 0.29) is 11.9 Å². The van der Waals surface area contributed by atoms with Crippen LogP contribution in [-0.4, -0.2) is 39.1 Å². The van der Waals surface area contributed by atoms with Gasteiger partial charge in [0.1, 0.15) is 17.4 Å². The van der Waals surface area contributed by atoms with Gasteiger partial charge >= 0.3 is 5.97 Å². The number of aryl methyl sites for hydroxylation is 2. The standard InChI is InChI=1S/C19H28N4O3/c1-5-26-19(25)15(11-13(2)3)22-18(24)7-6-10-23-14(4)21-16-12-20-9-8-17(16)23/h8-9,12-13,15H,5-7,10-11H2,1-4H3,(H,22,24)/t15-/m0/s1. The molecule has 1 N–H and O–H groups in total. The van der Waals surface area contributed by atoms with Crippen LogP contribution in [0.2, 0.25) is 0 Å². The molecule has 2 aromatic heterocycles. The fourth-order valence-electron chi connectivity index (χ4n) is 2.98. The Morgan fingerprint density at radius 1 is 1.35 bits per heavy atom. The summed E-state index contributed by atoms with van der Waals surface area (Å²) in [5.41, 5.74) is 1.87. The van der Waals surface area contributed by atoms with E-state index in [4.69, 9.17) is 4.74 Å². The summed E-state index contributed by atoms with van der Waals surface area (Å²) in [5, 5.41) is 2.82. The first kappa shape index (κ1) is 19.9. The van der Waals surface area contributed by atoms with Crippen molar-refractivity contribution in [3.05, 3.63) is 24.3 Å². The van der Waals surface area contributed by atoms with Crippen LogP contribution in [0.1, 0.15) is 45.9 Å². The lowest BCUT2D eigenvalue weighted by Gasteiger charge is -2.19. The zero-order chi connectivity index (χ0) is 19.1. The van der Waals surface area contributed by atoms with Crippen molar-refractivity contribution in [2.75, 3.05) is 6.61 Å². The second kappa shape index (κ2) is 9.31. The van der Waals surface area contributed by atoms with Crippen LogP contribution >= 0.6 is 0 Å². The lowest BCUT2D eigenvalue weighted by molar-refractivity contribution is -0.147. The van der Waals surface area contributed by atoms with Crippen molar-refractivity contribution in [1.29, 1.82) is 0 Å². The fraction of sp³-hybridized carbons (Fsp3) is 0.579. The van der Waals surface area contributed by atoms with E-state index >= 15 is 0 Å². The molecule has 2 rings (SSSR count). The molecular weight excluding hydrogens is 332 g/mol. The Balaban J connectivity index is 1.90. The molecular formula is C19H28N4O3. The molecule has 0 bridgehead atoms. The third-order valence-corrected chi connectivity index (χ3v) is 4.14. The number of nitrogens with one attached hydrogen (secondary N) is 1. The number of esters is 1. The Morgan fingerprint density at radius 3 is 2.81 bits per heavy atom. The number of ether oxygens (including phenoxy) is 1. The molecule has 1 amide bonds. The van der Waals surface area contributed by atoms with Gasteiger partial charge in [0.2, 0.25) is 5.91 Å². The first-order valence-corrected chi connectivity index (χ1v) is 9.15. The topological polar surface area (TPSA) is 86.1 Å². The molecule has 7 heteroatoms. The summed E-state index contributed by atoms with van der Waals surface area (Å²) in [6, 6.07) is 1.35. The fourth-order valence-corrected chi connectivity index (χ4v) is 2.98. The number of imidazole rings is 1. The highest BCUT2D eigenvalue weighted by Gasteiger charge is 2.22. The van der Waals surface area contributed by atoms with Crippen molar-refractivity contribution in [1.82, 2.24) is 19.9 Å². The van der Waals surface area contributed by atoms with Crippen molar-refractivity contribution in [3.8, 4) is 0 Å². The van der Waals surface area contributed by atoms with Gasteiger partial charge in [-0.15, -0.1) is 0 Å². The Labute approximate surface area is 154 Å². The molecule has 2 heterocycles. The molecule has 0 aromatic carbocycles. The molecule has 2 aromatic rings. The van der Waals surface area contributed by atoms with Gasteiger partial charge in [0.25, 0.3) is 0 Å². The Kier molecular flexibility index (Phi) is 7.12. The second-order valence-electron chi connectivity index (χ2n) is 6.78. The lowest BCUT2D eigenvalue weighted by Crippen LogP contribution is -2.42. The van der Waals surface area contributed by atoms with E-state index < -0.39 is 6.04 Å². The SMILES string of the molecule is CCOC(=O)[C@H](CC(C)C)NC(=O)CCCn1c(C)nc2cnccc21. The van der Waals surface area contributed by atoms with Crippen LogP contribution in [0.15, 0.2) is 18.5 Å². The molecule has 0 saturated heterocycles. The van der Waals surface area contributed by atoms with Crippen molar-refractivity contribution in [2.45, 2.75) is 59.5 Å². The molecule has 0 spiro atoms. The maximum absolute atomic E-state index is 12.3. The first-order chi connectivity index (χ1) is 12.4. The van der Waals surface area contributed by atoms with E-state index in [1.165, 1.54) is 0 Å². The number of fused-ring (bicyclic) bond motifs is 1. The number of carbonyl (C=O) groups is 2. The number of hydrogen-bond donors (Lipinski definition) is 1. The number of nitrogens with zero attached hydrogens (tertiary/aromatic N) is 3. The van der Waals surface area contributed by atoms with E-state index in [9.17, 15) is 9.59 Å². The number of aromatic nitrogens is 3. The Hall–Kier alpha value is -2.44. The lowest BCUT2D eigenvalue weighted by atomic mass is 10.0. The highest BCUT2D eigenvalue weighted by Crippen LogP contribution is 2.15. The predicted molar refractivity (Wildman–Crippen MR) is 99.5 cm³/mol. The molecule has 26 heavy (non-hydrogen) atoms. The van der Waals surface area contributed by atoms with Crippen molar-refractivity contribution in [2.24, 2.45) is 5.92 Å². The Morgan fingerprint density at radius 2 is 2.12 bits per heavy atom. The normalized spacial score (nSPS) is 12.3. The summed E-state index contributed by atoms with van der Waals surface area (Å²) in [7, 11) is 0. The average Bonchev–Trinajstić information content (AvgIpc) is 2.90. The zero-order valence-corrected chi connectivity index (χ0v) is 16.0. The van der Waals surface area contributed by atoms with Gasteiger partial charge in [-0.05, 0) is 38.7 Å². The second-order valence-corrected chi connectivity index (χ2v) is 6.78. The molecule has 7 nitrogen and oxygen atoms in total. The van der Waals surface area contributed by atoms with Gasteiger partial charge in [0.15, 0.2) is 0 Å². The summed E-state index contributed by atoms with van der Waals surface area (Å²) in [6.07, 6.45) is 5.06. The average molecular weight is 360 g/mol. The zero-order valence-electron chi connectivity index (χ0n) is 16.0. The largest absolute Gasteiger partial charge is 0.464 e. The van der Waals surface area contributed by atoms with Gasteiger partial charge in [0.05, 0.1) is 18.3 Å². The van der Waals surface area contributed by atoms with E-state index in [1.54, 1.807) is 19.3 Å². The van der Waals surface area contributed by atoms with Crippen LogP contribution in [0.4, 0.5) is 0 Å². The summed E-state index contributed by atoms with van der Waals surface area (Å²) < 4.78 is 7.15. The summed E-state index contributed by atoms with van der Waals surface area (Å²) in [5.74, 6) is 0.696. The van der Waals surface area contributed by atoms with Gasteiger partial charge in [-0.1, -0.05) is 13.8 Å². The van der Waals surface area contributed by atoms with Gasteiger partial charge in [-0.2, -0.15) is 0 Å². The van der Waals surface area contributed by atoms with Crippen LogP contribution in [0.3, 0.4) is 0 Å². The molecule has 0 saturated carbocycles. The maximum Gasteiger partial charge on any atom is 0.328 e. The molecule has 142 valence electrons. The third-order valence-electron chi connectivity index (χ3n) is 4.14. The highest BCUT2D eigenvalue weighted by molar-refractivity contribution is 5.84. The van der Waals surface area contributed by atoms with Crippen LogP contribution in [-0.2, 0) is 20.9 Å².